The number of aromatic nitrogens is 1. The number of hydrogen-bond donors (Lipinski definition) is 2. The Morgan fingerprint density at radius 3 is 2.88 bits per heavy atom. The fraction of sp³-hybridized carbons (Fsp3) is 0.625. The lowest BCUT2D eigenvalue weighted by molar-refractivity contribution is -0.137. The molecule has 0 radical (unpaired) electrons. The van der Waals surface area contributed by atoms with Crippen LogP contribution < -0.4 is 10.6 Å². The van der Waals surface area contributed by atoms with E-state index in [-0.39, 0.29) is 5.82 Å². The van der Waals surface area contributed by atoms with E-state index in [2.05, 4.69) is 20.6 Å². The number of hydrogen-bond acceptors (Lipinski definition) is 4. The number of rotatable bonds is 6. The van der Waals surface area contributed by atoms with Crippen LogP contribution in [0.2, 0.25) is 0 Å². The van der Waals surface area contributed by atoms with Crippen molar-refractivity contribution in [1.82, 2.24) is 15.2 Å². The van der Waals surface area contributed by atoms with Gasteiger partial charge < -0.3 is 20.3 Å². The first-order valence-electron chi connectivity index (χ1n) is 8.17. The standard InChI is InChI=1S/C16H24F3N5O/c1-20-15(24(2)10-12-5-9-25-11-12)23-8-7-22-14-13(16(17,18)19)4-3-6-21-14/h3-4,6,12H,5,7-11H2,1-2H3,(H,20,23)(H,21,22). The molecule has 0 spiro atoms. The number of ether oxygens (including phenoxy) is 1. The lowest BCUT2D eigenvalue weighted by Crippen LogP contribution is -2.43. The summed E-state index contributed by atoms with van der Waals surface area (Å²) in [4.78, 5) is 9.97. The molecule has 1 saturated heterocycles. The van der Waals surface area contributed by atoms with Crippen LogP contribution in [0.1, 0.15) is 12.0 Å². The topological polar surface area (TPSA) is 61.8 Å². The van der Waals surface area contributed by atoms with Gasteiger partial charge in [-0.25, -0.2) is 4.98 Å². The predicted octanol–water partition coefficient (Wildman–Crippen LogP) is 2.06. The third kappa shape index (κ3) is 5.77. The van der Waals surface area contributed by atoms with Crippen LogP contribution in [-0.4, -0.2) is 62.8 Å². The zero-order valence-electron chi connectivity index (χ0n) is 14.4. The molecule has 0 bridgehead atoms. The van der Waals surface area contributed by atoms with Crippen LogP contribution >= 0.6 is 0 Å². The van der Waals surface area contributed by atoms with Crippen LogP contribution in [0.25, 0.3) is 0 Å². The molecule has 140 valence electrons. The molecule has 0 aliphatic carbocycles. The Morgan fingerprint density at radius 1 is 1.44 bits per heavy atom. The van der Waals surface area contributed by atoms with Crippen molar-refractivity contribution >= 4 is 11.8 Å². The summed E-state index contributed by atoms with van der Waals surface area (Å²) in [6.07, 6.45) is -2.06. The summed E-state index contributed by atoms with van der Waals surface area (Å²) < 4.78 is 44.1. The van der Waals surface area contributed by atoms with E-state index < -0.39 is 11.7 Å². The average Bonchev–Trinajstić information content (AvgIpc) is 3.07. The first-order chi connectivity index (χ1) is 11.9. The number of alkyl halides is 3. The Hall–Kier alpha value is -2.03. The van der Waals surface area contributed by atoms with E-state index in [9.17, 15) is 13.2 Å². The highest BCUT2D eigenvalue weighted by molar-refractivity contribution is 5.79. The van der Waals surface area contributed by atoms with Crippen LogP contribution in [0.5, 0.6) is 0 Å². The first kappa shape index (κ1) is 19.3. The normalized spacial score (nSPS) is 18.3. The van der Waals surface area contributed by atoms with Crippen molar-refractivity contribution in [3.8, 4) is 0 Å². The van der Waals surface area contributed by atoms with Gasteiger partial charge in [-0.1, -0.05) is 0 Å². The Balaban J connectivity index is 1.80. The van der Waals surface area contributed by atoms with Gasteiger partial charge in [-0.3, -0.25) is 4.99 Å². The monoisotopic (exact) mass is 359 g/mol. The number of halogens is 3. The van der Waals surface area contributed by atoms with Gasteiger partial charge in [-0.05, 0) is 18.6 Å². The molecule has 0 saturated carbocycles. The van der Waals surface area contributed by atoms with E-state index in [0.717, 1.165) is 32.2 Å². The fourth-order valence-electron chi connectivity index (χ4n) is 2.72. The molecule has 0 aromatic carbocycles. The van der Waals surface area contributed by atoms with Crippen LogP contribution in [-0.2, 0) is 10.9 Å². The van der Waals surface area contributed by atoms with Gasteiger partial charge >= 0.3 is 6.18 Å². The predicted molar refractivity (Wildman–Crippen MR) is 90.6 cm³/mol. The summed E-state index contributed by atoms with van der Waals surface area (Å²) in [7, 11) is 3.61. The van der Waals surface area contributed by atoms with Gasteiger partial charge in [0, 0.05) is 52.5 Å². The minimum absolute atomic E-state index is 0.164. The second kappa shape index (κ2) is 8.89. The van der Waals surface area contributed by atoms with E-state index in [1.165, 1.54) is 12.3 Å². The quantitative estimate of drug-likeness (QED) is 0.463. The molecule has 0 amide bonds. The Morgan fingerprint density at radius 2 is 2.24 bits per heavy atom. The molecule has 1 atom stereocenters. The molecule has 1 aliphatic rings. The van der Waals surface area contributed by atoms with Crippen molar-refractivity contribution in [2.45, 2.75) is 12.6 Å². The molecule has 1 aliphatic heterocycles. The largest absolute Gasteiger partial charge is 0.419 e. The van der Waals surface area contributed by atoms with Crippen molar-refractivity contribution in [1.29, 1.82) is 0 Å². The Labute approximate surface area is 145 Å². The number of nitrogens with zero attached hydrogens (tertiary/aromatic N) is 3. The Kier molecular flexibility index (Phi) is 6.86. The van der Waals surface area contributed by atoms with Gasteiger partial charge in [-0.15, -0.1) is 0 Å². The van der Waals surface area contributed by atoms with E-state index in [4.69, 9.17) is 4.74 Å². The zero-order valence-corrected chi connectivity index (χ0v) is 14.4. The number of nitrogens with one attached hydrogen (secondary N) is 2. The first-order valence-corrected chi connectivity index (χ1v) is 8.17. The minimum atomic E-state index is -4.43. The SMILES string of the molecule is CN=C(NCCNc1ncccc1C(F)(F)F)N(C)CC1CCOC1. The molecular weight excluding hydrogens is 335 g/mol. The molecule has 1 aromatic rings. The number of aliphatic imine (C=N–C) groups is 1. The molecule has 1 aromatic heterocycles. The fourth-order valence-corrected chi connectivity index (χ4v) is 2.72. The van der Waals surface area contributed by atoms with Crippen LogP contribution in [0.4, 0.5) is 19.0 Å². The third-order valence-corrected chi connectivity index (χ3v) is 3.94. The summed E-state index contributed by atoms with van der Waals surface area (Å²) in [5, 5.41) is 5.86. The summed E-state index contributed by atoms with van der Waals surface area (Å²) in [5.74, 6) is 1.01. The van der Waals surface area contributed by atoms with Crippen LogP contribution in [0, 0.1) is 5.92 Å². The minimum Gasteiger partial charge on any atom is -0.381 e. The summed E-state index contributed by atoms with van der Waals surface area (Å²) in [6, 6.07) is 2.29. The smallest absolute Gasteiger partial charge is 0.381 e. The summed E-state index contributed by atoms with van der Waals surface area (Å²) in [5.41, 5.74) is -0.766. The molecular formula is C16H24F3N5O. The number of guanidine groups is 1. The molecule has 9 heteroatoms. The Bertz CT molecular complexity index is 573. The highest BCUT2D eigenvalue weighted by Crippen LogP contribution is 2.33. The van der Waals surface area contributed by atoms with Crippen molar-refractivity contribution in [2.75, 3.05) is 52.3 Å². The molecule has 2 heterocycles. The van der Waals surface area contributed by atoms with Crippen LogP contribution in [0.3, 0.4) is 0 Å². The van der Waals surface area contributed by atoms with Gasteiger partial charge in [0.15, 0.2) is 5.96 Å². The van der Waals surface area contributed by atoms with Crippen molar-refractivity contribution < 1.29 is 17.9 Å². The number of pyridine rings is 1. The van der Waals surface area contributed by atoms with Gasteiger partial charge in [0.05, 0.1) is 12.2 Å². The van der Waals surface area contributed by atoms with Crippen molar-refractivity contribution in [3.05, 3.63) is 23.9 Å². The second-order valence-electron chi connectivity index (χ2n) is 5.91. The van der Waals surface area contributed by atoms with E-state index in [1.54, 1.807) is 7.05 Å². The average molecular weight is 359 g/mol. The third-order valence-electron chi connectivity index (χ3n) is 3.94. The zero-order chi connectivity index (χ0) is 18.3. The second-order valence-corrected chi connectivity index (χ2v) is 5.91. The molecule has 1 unspecified atom stereocenters. The van der Waals surface area contributed by atoms with Crippen LogP contribution in [0.15, 0.2) is 23.3 Å². The molecule has 2 N–H and O–H groups in total. The summed E-state index contributed by atoms with van der Waals surface area (Å²) in [6.45, 7) is 3.08. The van der Waals surface area contributed by atoms with E-state index in [0.29, 0.717) is 25.0 Å². The van der Waals surface area contributed by atoms with E-state index in [1.807, 2.05) is 11.9 Å². The summed E-state index contributed by atoms with van der Waals surface area (Å²) >= 11 is 0. The lowest BCUT2D eigenvalue weighted by Gasteiger charge is -2.24. The molecule has 25 heavy (non-hydrogen) atoms. The maximum atomic E-state index is 12.9. The molecule has 6 nitrogen and oxygen atoms in total. The highest BCUT2D eigenvalue weighted by Gasteiger charge is 2.33. The van der Waals surface area contributed by atoms with Gasteiger partial charge in [0.1, 0.15) is 5.82 Å². The molecule has 1 fully saturated rings. The van der Waals surface area contributed by atoms with Gasteiger partial charge in [0.25, 0.3) is 0 Å². The highest BCUT2D eigenvalue weighted by atomic mass is 19.4. The van der Waals surface area contributed by atoms with Gasteiger partial charge in [-0.2, -0.15) is 13.2 Å². The number of anilines is 1. The van der Waals surface area contributed by atoms with Gasteiger partial charge in [0.2, 0.25) is 0 Å². The maximum Gasteiger partial charge on any atom is 0.419 e. The van der Waals surface area contributed by atoms with Crippen molar-refractivity contribution in [3.63, 3.8) is 0 Å². The lowest BCUT2D eigenvalue weighted by atomic mass is 10.1. The van der Waals surface area contributed by atoms with Crippen molar-refractivity contribution in [2.24, 2.45) is 10.9 Å². The van der Waals surface area contributed by atoms with E-state index >= 15 is 0 Å². The molecule has 2 rings (SSSR count). The maximum absolute atomic E-state index is 12.9.